The standard InChI is InChI=1S/C17H18FNOS/c1-12-15-7-9-21-17(15)6-8-19(12)11-14(20)10-13-4-2-3-5-16(13)18/h2-5,7,9,12H,6,8,10-11H2,1H3. The number of hydrogen-bond acceptors (Lipinski definition) is 3. The summed E-state index contributed by atoms with van der Waals surface area (Å²) in [7, 11) is 0. The predicted molar refractivity (Wildman–Crippen MR) is 83.1 cm³/mol. The molecule has 1 aromatic heterocycles. The lowest BCUT2D eigenvalue weighted by Gasteiger charge is -2.33. The number of rotatable bonds is 4. The SMILES string of the molecule is CC1c2ccsc2CCN1CC(=O)Cc1ccccc1F. The Morgan fingerprint density at radius 1 is 1.38 bits per heavy atom. The number of ketones is 1. The molecule has 1 aliphatic heterocycles. The topological polar surface area (TPSA) is 20.3 Å². The van der Waals surface area contributed by atoms with Crippen LogP contribution in [-0.2, 0) is 17.6 Å². The number of halogens is 1. The van der Waals surface area contributed by atoms with Gasteiger partial charge in [-0.25, -0.2) is 4.39 Å². The van der Waals surface area contributed by atoms with Crippen LogP contribution in [0.3, 0.4) is 0 Å². The molecule has 0 aliphatic carbocycles. The Morgan fingerprint density at radius 2 is 2.19 bits per heavy atom. The van der Waals surface area contributed by atoms with Crippen molar-refractivity contribution in [1.29, 1.82) is 0 Å². The second-order valence-electron chi connectivity index (χ2n) is 5.50. The average molecular weight is 303 g/mol. The maximum atomic E-state index is 13.6. The summed E-state index contributed by atoms with van der Waals surface area (Å²) in [5, 5.41) is 2.12. The van der Waals surface area contributed by atoms with Crippen LogP contribution in [0.5, 0.6) is 0 Å². The van der Waals surface area contributed by atoms with Crippen molar-refractivity contribution in [3.8, 4) is 0 Å². The maximum Gasteiger partial charge on any atom is 0.151 e. The first-order chi connectivity index (χ1) is 10.1. The second-order valence-corrected chi connectivity index (χ2v) is 6.50. The van der Waals surface area contributed by atoms with Gasteiger partial charge in [-0.2, -0.15) is 0 Å². The molecule has 21 heavy (non-hydrogen) atoms. The fraction of sp³-hybridized carbons (Fsp3) is 0.353. The van der Waals surface area contributed by atoms with E-state index in [0.717, 1.165) is 13.0 Å². The molecule has 0 fully saturated rings. The quantitative estimate of drug-likeness (QED) is 0.860. The van der Waals surface area contributed by atoms with Crippen LogP contribution in [0.15, 0.2) is 35.7 Å². The Hall–Kier alpha value is -1.52. The van der Waals surface area contributed by atoms with E-state index in [2.05, 4.69) is 23.3 Å². The summed E-state index contributed by atoms with van der Waals surface area (Å²) in [5.74, 6) is -0.219. The third-order valence-electron chi connectivity index (χ3n) is 4.13. The highest BCUT2D eigenvalue weighted by Gasteiger charge is 2.26. The number of thiophene rings is 1. The fourth-order valence-corrected chi connectivity index (χ4v) is 3.88. The monoisotopic (exact) mass is 303 g/mol. The molecule has 0 amide bonds. The van der Waals surface area contributed by atoms with Crippen LogP contribution in [0.25, 0.3) is 0 Å². The zero-order chi connectivity index (χ0) is 14.8. The molecule has 0 radical (unpaired) electrons. The molecule has 0 saturated heterocycles. The Morgan fingerprint density at radius 3 is 3.00 bits per heavy atom. The number of hydrogen-bond donors (Lipinski definition) is 0. The smallest absolute Gasteiger partial charge is 0.151 e. The highest BCUT2D eigenvalue weighted by atomic mass is 32.1. The van der Waals surface area contributed by atoms with Crippen molar-refractivity contribution in [3.05, 3.63) is 57.5 Å². The van der Waals surface area contributed by atoms with Gasteiger partial charge in [0.15, 0.2) is 5.78 Å². The molecule has 1 atom stereocenters. The predicted octanol–water partition coefficient (Wildman–Crippen LogP) is 3.62. The summed E-state index contributed by atoms with van der Waals surface area (Å²) in [4.78, 5) is 15.8. The molecule has 1 aromatic carbocycles. The van der Waals surface area contributed by atoms with E-state index in [1.165, 1.54) is 16.5 Å². The van der Waals surface area contributed by atoms with Gasteiger partial charge in [-0.3, -0.25) is 9.69 Å². The van der Waals surface area contributed by atoms with Gasteiger partial charge in [-0.15, -0.1) is 11.3 Å². The Bertz CT molecular complexity index is 652. The second kappa shape index (κ2) is 6.08. The van der Waals surface area contributed by atoms with Gasteiger partial charge in [-0.1, -0.05) is 18.2 Å². The van der Waals surface area contributed by atoms with Crippen LogP contribution in [0.1, 0.15) is 29.0 Å². The van der Waals surface area contributed by atoms with Crippen molar-refractivity contribution < 1.29 is 9.18 Å². The number of benzene rings is 1. The van der Waals surface area contributed by atoms with Gasteiger partial charge in [0.05, 0.1) is 6.54 Å². The molecule has 2 aromatic rings. The molecule has 1 unspecified atom stereocenters. The minimum atomic E-state index is -0.294. The molecule has 2 nitrogen and oxygen atoms in total. The Labute approximate surface area is 128 Å². The van der Waals surface area contributed by atoms with Gasteiger partial charge >= 0.3 is 0 Å². The van der Waals surface area contributed by atoms with Crippen molar-refractivity contribution >= 4 is 17.1 Å². The molecule has 110 valence electrons. The Balaban J connectivity index is 1.65. The molecule has 0 saturated carbocycles. The van der Waals surface area contributed by atoms with E-state index in [0.29, 0.717) is 12.1 Å². The minimum absolute atomic E-state index is 0.0747. The molecule has 2 heterocycles. The molecule has 4 heteroatoms. The average Bonchev–Trinajstić information content (AvgIpc) is 2.94. The molecule has 0 spiro atoms. The lowest BCUT2D eigenvalue weighted by molar-refractivity contribution is -0.120. The van der Waals surface area contributed by atoms with Crippen molar-refractivity contribution in [2.75, 3.05) is 13.1 Å². The lowest BCUT2D eigenvalue weighted by atomic mass is 10.0. The third kappa shape index (κ3) is 3.06. The van der Waals surface area contributed by atoms with Crippen LogP contribution in [0.2, 0.25) is 0 Å². The first kappa shape index (κ1) is 14.4. The highest BCUT2D eigenvalue weighted by molar-refractivity contribution is 7.10. The van der Waals surface area contributed by atoms with Gasteiger partial charge in [0.2, 0.25) is 0 Å². The lowest BCUT2D eigenvalue weighted by Crippen LogP contribution is -2.37. The summed E-state index contributed by atoms with van der Waals surface area (Å²) < 4.78 is 13.6. The minimum Gasteiger partial charge on any atom is -0.298 e. The number of nitrogens with zero attached hydrogens (tertiary/aromatic N) is 1. The Kier molecular flexibility index (Phi) is 4.17. The van der Waals surface area contributed by atoms with Gasteiger partial charge in [0, 0.05) is 23.9 Å². The van der Waals surface area contributed by atoms with Crippen molar-refractivity contribution in [1.82, 2.24) is 4.90 Å². The van der Waals surface area contributed by atoms with Crippen molar-refractivity contribution in [3.63, 3.8) is 0 Å². The van der Waals surface area contributed by atoms with Gasteiger partial charge in [0.1, 0.15) is 5.82 Å². The highest BCUT2D eigenvalue weighted by Crippen LogP contribution is 2.32. The summed E-state index contributed by atoms with van der Waals surface area (Å²) in [5.41, 5.74) is 1.83. The van der Waals surface area contributed by atoms with Crippen LogP contribution >= 0.6 is 11.3 Å². The van der Waals surface area contributed by atoms with E-state index in [-0.39, 0.29) is 24.1 Å². The van der Waals surface area contributed by atoms with E-state index < -0.39 is 0 Å². The zero-order valence-corrected chi connectivity index (χ0v) is 12.8. The largest absolute Gasteiger partial charge is 0.298 e. The van der Waals surface area contributed by atoms with E-state index >= 15 is 0 Å². The van der Waals surface area contributed by atoms with Crippen molar-refractivity contribution in [2.24, 2.45) is 0 Å². The summed E-state index contributed by atoms with van der Waals surface area (Å²) >= 11 is 1.79. The molecule has 0 N–H and O–H groups in total. The van der Waals surface area contributed by atoms with E-state index in [1.54, 1.807) is 29.5 Å². The normalized spacial score (nSPS) is 18.5. The third-order valence-corrected chi connectivity index (χ3v) is 5.13. The van der Waals surface area contributed by atoms with Gasteiger partial charge in [0.25, 0.3) is 0 Å². The van der Waals surface area contributed by atoms with E-state index in [4.69, 9.17) is 0 Å². The molecular formula is C17H18FNOS. The fourth-order valence-electron chi connectivity index (χ4n) is 2.91. The number of carbonyl (C=O) groups excluding carboxylic acids is 1. The number of fused-ring (bicyclic) bond motifs is 1. The van der Waals surface area contributed by atoms with Crippen LogP contribution in [0, 0.1) is 5.82 Å². The molecule has 1 aliphatic rings. The van der Waals surface area contributed by atoms with Crippen molar-refractivity contribution in [2.45, 2.75) is 25.8 Å². The summed E-state index contributed by atoms with van der Waals surface area (Å²) in [6.45, 7) is 3.43. The summed E-state index contributed by atoms with van der Waals surface area (Å²) in [6.07, 6.45) is 1.18. The molecular weight excluding hydrogens is 285 g/mol. The first-order valence-corrected chi connectivity index (χ1v) is 8.08. The van der Waals surface area contributed by atoms with Crippen LogP contribution in [0.4, 0.5) is 4.39 Å². The number of carbonyl (C=O) groups is 1. The van der Waals surface area contributed by atoms with Crippen LogP contribution < -0.4 is 0 Å². The van der Waals surface area contributed by atoms with Gasteiger partial charge < -0.3 is 0 Å². The van der Waals surface area contributed by atoms with E-state index in [1.807, 2.05) is 0 Å². The zero-order valence-electron chi connectivity index (χ0n) is 12.0. The van der Waals surface area contributed by atoms with E-state index in [9.17, 15) is 9.18 Å². The maximum absolute atomic E-state index is 13.6. The van der Waals surface area contributed by atoms with Crippen LogP contribution in [-0.4, -0.2) is 23.8 Å². The molecule has 3 rings (SSSR count). The summed E-state index contributed by atoms with van der Waals surface area (Å²) in [6, 6.07) is 8.93. The van der Waals surface area contributed by atoms with Gasteiger partial charge in [-0.05, 0) is 42.0 Å². The molecule has 0 bridgehead atoms. The number of Topliss-reactive ketones (excluding diaryl/α,β-unsaturated/α-hetero) is 1. The first-order valence-electron chi connectivity index (χ1n) is 7.20.